The van der Waals surface area contributed by atoms with Crippen LogP contribution in [0.25, 0.3) is 0 Å². The van der Waals surface area contributed by atoms with Gasteiger partial charge in [-0.1, -0.05) is 20.8 Å². The maximum absolute atomic E-state index is 11.7. The van der Waals surface area contributed by atoms with Crippen molar-refractivity contribution in [3.63, 3.8) is 0 Å². The minimum absolute atomic E-state index is 0.379. The third kappa shape index (κ3) is 5.07. The van der Waals surface area contributed by atoms with Crippen LogP contribution < -0.4 is 5.32 Å². The van der Waals surface area contributed by atoms with Crippen molar-refractivity contribution >= 4 is 15.7 Å². The molecule has 1 atom stereocenters. The molecule has 0 saturated carbocycles. The minimum atomic E-state index is -3.19. The van der Waals surface area contributed by atoms with Crippen LogP contribution in [0.5, 0.6) is 0 Å². The summed E-state index contributed by atoms with van der Waals surface area (Å²) in [5.41, 5.74) is 0.888. The topological polar surface area (TPSA) is 72.0 Å². The van der Waals surface area contributed by atoms with Crippen molar-refractivity contribution in [2.24, 2.45) is 5.92 Å². The van der Waals surface area contributed by atoms with Crippen molar-refractivity contribution in [2.45, 2.75) is 45.8 Å². The molecule has 1 aromatic rings. The highest BCUT2D eigenvalue weighted by molar-refractivity contribution is 7.90. The summed E-state index contributed by atoms with van der Waals surface area (Å²) < 4.78 is 23.4. The lowest BCUT2D eigenvalue weighted by Crippen LogP contribution is -2.15. The molecule has 1 heterocycles. The Kier molecular flexibility index (Phi) is 5.92. The Morgan fingerprint density at radius 2 is 1.90 bits per heavy atom. The molecular formula is C14H25N3O2S. The van der Waals surface area contributed by atoms with Crippen molar-refractivity contribution in [3.05, 3.63) is 17.6 Å². The van der Waals surface area contributed by atoms with E-state index in [0.717, 1.165) is 25.1 Å². The van der Waals surface area contributed by atoms with E-state index < -0.39 is 15.1 Å². The highest BCUT2D eigenvalue weighted by Crippen LogP contribution is 2.20. The molecule has 1 unspecified atom stereocenters. The van der Waals surface area contributed by atoms with E-state index in [0.29, 0.717) is 17.6 Å². The van der Waals surface area contributed by atoms with Crippen molar-refractivity contribution in [1.82, 2.24) is 9.97 Å². The summed E-state index contributed by atoms with van der Waals surface area (Å²) in [5, 5.41) is 2.53. The molecule has 0 fully saturated rings. The zero-order valence-electron chi connectivity index (χ0n) is 13.0. The summed E-state index contributed by atoms with van der Waals surface area (Å²) in [4.78, 5) is 8.76. The summed E-state index contributed by atoms with van der Waals surface area (Å²) in [6, 6.07) is 1.91. The van der Waals surface area contributed by atoms with E-state index in [4.69, 9.17) is 0 Å². The van der Waals surface area contributed by atoms with E-state index in [2.05, 4.69) is 36.1 Å². The van der Waals surface area contributed by atoms with Gasteiger partial charge in [-0.15, -0.1) is 0 Å². The maximum Gasteiger partial charge on any atom is 0.157 e. The van der Waals surface area contributed by atoms with Gasteiger partial charge in [0.05, 0.1) is 0 Å². The number of rotatable bonds is 7. The second-order valence-corrected chi connectivity index (χ2v) is 7.97. The normalized spacial score (nSPS) is 13.5. The largest absolute Gasteiger partial charge is 0.370 e. The summed E-state index contributed by atoms with van der Waals surface area (Å²) in [6.07, 6.45) is 3.02. The highest BCUT2D eigenvalue weighted by Gasteiger charge is 2.21. The van der Waals surface area contributed by atoms with Crippen LogP contribution in [0.3, 0.4) is 0 Å². The van der Waals surface area contributed by atoms with E-state index in [1.54, 1.807) is 6.92 Å². The molecule has 1 N–H and O–H groups in total. The Morgan fingerprint density at radius 3 is 2.40 bits per heavy atom. The average Bonchev–Trinajstić information content (AvgIpc) is 2.33. The monoisotopic (exact) mass is 299 g/mol. The minimum Gasteiger partial charge on any atom is -0.370 e. The number of sulfone groups is 1. The summed E-state index contributed by atoms with van der Waals surface area (Å²) >= 11 is 0. The van der Waals surface area contributed by atoms with Gasteiger partial charge in [0.15, 0.2) is 9.84 Å². The van der Waals surface area contributed by atoms with Crippen LogP contribution in [-0.4, -0.2) is 31.2 Å². The molecule has 0 radical (unpaired) electrons. The first-order valence-electron chi connectivity index (χ1n) is 7.04. The molecule has 20 heavy (non-hydrogen) atoms. The second-order valence-electron chi connectivity index (χ2n) is 5.60. The van der Waals surface area contributed by atoms with Gasteiger partial charge in [-0.25, -0.2) is 18.4 Å². The Morgan fingerprint density at radius 1 is 1.25 bits per heavy atom. The van der Waals surface area contributed by atoms with E-state index in [1.165, 1.54) is 6.26 Å². The molecule has 1 rings (SSSR count). The third-order valence-corrected chi connectivity index (χ3v) is 4.47. The fourth-order valence-electron chi connectivity index (χ4n) is 1.76. The van der Waals surface area contributed by atoms with E-state index in [-0.39, 0.29) is 0 Å². The molecule has 114 valence electrons. The maximum atomic E-state index is 11.7. The lowest BCUT2D eigenvalue weighted by atomic mass is 10.1. The van der Waals surface area contributed by atoms with Crippen LogP contribution >= 0.6 is 0 Å². The second kappa shape index (κ2) is 7.02. The highest BCUT2D eigenvalue weighted by atomic mass is 32.2. The number of anilines is 1. The molecule has 0 aromatic carbocycles. The molecule has 5 nitrogen and oxygen atoms in total. The Labute approximate surface area is 122 Å². The number of nitrogens with one attached hydrogen (secondary N) is 1. The summed E-state index contributed by atoms with van der Waals surface area (Å²) in [5.74, 6) is 1.55. The molecule has 0 amide bonds. The lowest BCUT2D eigenvalue weighted by molar-refractivity contribution is 0.587. The molecule has 0 bridgehead atoms. The van der Waals surface area contributed by atoms with Gasteiger partial charge < -0.3 is 5.32 Å². The van der Waals surface area contributed by atoms with Gasteiger partial charge in [-0.05, 0) is 25.7 Å². The molecule has 6 heteroatoms. The number of aromatic nitrogens is 2. The predicted octanol–water partition coefficient (Wildman–Crippen LogP) is 2.60. The Balaban J connectivity index is 3.15. The van der Waals surface area contributed by atoms with Gasteiger partial charge in [0.2, 0.25) is 0 Å². The zero-order chi connectivity index (χ0) is 15.3. The van der Waals surface area contributed by atoms with Crippen molar-refractivity contribution < 1.29 is 8.42 Å². The molecule has 0 aliphatic carbocycles. The molecule has 1 aromatic heterocycles. The average molecular weight is 299 g/mol. The number of hydrogen-bond donors (Lipinski definition) is 1. The first-order valence-corrected chi connectivity index (χ1v) is 9.00. The standard InChI is InChI=1S/C14H25N3O2S/c1-6-7-15-13-9-12(8-10(2)3)16-14(17-13)11(4)20(5,18)19/h9-11H,6-8H2,1-5H3,(H,15,16,17). The molecular weight excluding hydrogens is 274 g/mol. The summed E-state index contributed by atoms with van der Waals surface area (Å²) in [6.45, 7) is 8.74. The van der Waals surface area contributed by atoms with E-state index in [1.807, 2.05) is 6.07 Å². The number of nitrogens with zero attached hydrogens (tertiary/aromatic N) is 2. The van der Waals surface area contributed by atoms with Gasteiger partial charge in [0, 0.05) is 24.6 Å². The fraction of sp³-hybridized carbons (Fsp3) is 0.714. The number of hydrogen-bond acceptors (Lipinski definition) is 5. The van der Waals surface area contributed by atoms with Crippen LogP contribution in [0.2, 0.25) is 0 Å². The van der Waals surface area contributed by atoms with Crippen LogP contribution in [-0.2, 0) is 16.3 Å². The molecule has 0 spiro atoms. The fourth-order valence-corrected chi connectivity index (χ4v) is 2.25. The van der Waals surface area contributed by atoms with Gasteiger partial charge in [0.25, 0.3) is 0 Å². The summed E-state index contributed by atoms with van der Waals surface area (Å²) in [7, 11) is -3.19. The first-order chi connectivity index (χ1) is 9.24. The van der Waals surface area contributed by atoms with Gasteiger partial charge in [-0.3, -0.25) is 0 Å². The third-order valence-electron chi connectivity index (χ3n) is 2.98. The first kappa shape index (κ1) is 16.9. The van der Waals surface area contributed by atoms with Crippen LogP contribution in [0.15, 0.2) is 6.07 Å². The predicted molar refractivity (Wildman–Crippen MR) is 82.6 cm³/mol. The lowest BCUT2D eigenvalue weighted by Gasteiger charge is -2.14. The quantitative estimate of drug-likeness (QED) is 0.838. The van der Waals surface area contributed by atoms with Gasteiger partial charge in [-0.2, -0.15) is 0 Å². The molecule has 0 aliphatic rings. The van der Waals surface area contributed by atoms with Crippen molar-refractivity contribution in [2.75, 3.05) is 18.1 Å². The van der Waals surface area contributed by atoms with Crippen molar-refractivity contribution in [1.29, 1.82) is 0 Å². The molecule has 0 saturated heterocycles. The molecule has 0 aliphatic heterocycles. The van der Waals surface area contributed by atoms with Crippen LogP contribution in [0.4, 0.5) is 5.82 Å². The van der Waals surface area contributed by atoms with Crippen molar-refractivity contribution in [3.8, 4) is 0 Å². The van der Waals surface area contributed by atoms with E-state index >= 15 is 0 Å². The van der Waals surface area contributed by atoms with Gasteiger partial charge in [0.1, 0.15) is 16.9 Å². The zero-order valence-corrected chi connectivity index (χ0v) is 13.8. The smallest absolute Gasteiger partial charge is 0.157 e. The Hall–Kier alpha value is -1.17. The van der Waals surface area contributed by atoms with Gasteiger partial charge >= 0.3 is 0 Å². The Bertz CT molecular complexity index is 541. The van der Waals surface area contributed by atoms with Crippen LogP contribution in [0, 0.1) is 5.92 Å². The SMILES string of the molecule is CCCNc1cc(CC(C)C)nc(C(C)S(C)(=O)=O)n1. The van der Waals surface area contributed by atoms with Crippen LogP contribution in [0.1, 0.15) is 50.9 Å². The van der Waals surface area contributed by atoms with E-state index in [9.17, 15) is 8.42 Å².